The number of hydrogen-bond acceptors (Lipinski definition) is 2. The van der Waals surface area contributed by atoms with Crippen LogP contribution in [0.3, 0.4) is 0 Å². The van der Waals surface area contributed by atoms with Gasteiger partial charge in [0.1, 0.15) is 0 Å². The molecule has 1 aliphatic heterocycles. The molecule has 0 unspecified atom stereocenters. The molecule has 0 amide bonds. The van der Waals surface area contributed by atoms with Crippen LogP contribution in [0.2, 0.25) is 0 Å². The zero-order chi connectivity index (χ0) is 20.3. The highest BCUT2D eigenvalue weighted by Gasteiger charge is 2.48. The van der Waals surface area contributed by atoms with Crippen LogP contribution in [-0.4, -0.2) is 17.6 Å². The number of benzene rings is 3. The molecule has 4 rings (SSSR count). The van der Waals surface area contributed by atoms with Crippen LogP contribution in [0.5, 0.6) is 0 Å². The van der Waals surface area contributed by atoms with Crippen LogP contribution < -0.4 is 4.90 Å². The van der Waals surface area contributed by atoms with E-state index in [0.717, 1.165) is 27.7 Å². The summed E-state index contributed by atoms with van der Waals surface area (Å²) in [6, 6.07) is 25.7. The van der Waals surface area contributed by atoms with Crippen molar-refractivity contribution in [2.24, 2.45) is 0 Å². The van der Waals surface area contributed by atoms with E-state index in [4.69, 9.17) is 0 Å². The van der Waals surface area contributed by atoms with Crippen LogP contribution in [0, 0.1) is 0 Å². The maximum Gasteiger partial charge on any atom is 0.334 e. The highest BCUT2D eigenvalue weighted by molar-refractivity contribution is 9.10. The van der Waals surface area contributed by atoms with Crippen molar-refractivity contribution >= 4 is 33.7 Å². The molecule has 0 bridgehead atoms. The summed E-state index contributed by atoms with van der Waals surface area (Å²) in [5, 5.41) is 10.6. The topological polar surface area (TPSA) is 40.5 Å². The molecule has 0 radical (unpaired) electrons. The normalized spacial score (nSPS) is 15.3. The Morgan fingerprint density at radius 2 is 1.69 bits per heavy atom. The third-order valence-corrected chi connectivity index (χ3v) is 6.24. The molecule has 0 fully saturated rings. The number of carboxylic acid groups (broad SMARTS) is 1. The van der Waals surface area contributed by atoms with Gasteiger partial charge in [0.15, 0.2) is 5.54 Å². The molecule has 3 aromatic rings. The first-order valence-electron chi connectivity index (χ1n) is 9.68. The number of rotatable bonds is 6. The van der Waals surface area contributed by atoms with Crippen molar-refractivity contribution in [1.82, 2.24) is 0 Å². The van der Waals surface area contributed by atoms with Crippen LogP contribution in [0.15, 0.2) is 89.4 Å². The molecule has 1 heterocycles. The summed E-state index contributed by atoms with van der Waals surface area (Å²) in [5.74, 6) is -0.848. The van der Waals surface area contributed by atoms with E-state index in [9.17, 15) is 9.90 Å². The van der Waals surface area contributed by atoms with Gasteiger partial charge in [-0.3, -0.25) is 0 Å². The lowest BCUT2D eigenvalue weighted by Gasteiger charge is -2.40. The molecule has 146 valence electrons. The number of para-hydroxylation sites is 1. The Morgan fingerprint density at radius 1 is 1.00 bits per heavy atom. The molecule has 0 spiro atoms. The molecule has 0 aliphatic carbocycles. The van der Waals surface area contributed by atoms with Crippen LogP contribution in [-0.2, 0) is 16.8 Å². The lowest BCUT2D eigenvalue weighted by molar-refractivity contribution is -0.143. The summed E-state index contributed by atoms with van der Waals surface area (Å²) in [7, 11) is 0. The number of halogens is 1. The lowest BCUT2D eigenvalue weighted by Crippen LogP contribution is -2.51. The van der Waals surface area contributed by atoms with Crippen molar-refractivity contribution in [2.45, 2.75) is 18.4 Å². The quantitative estimate of drug-likeness (QED) is 0.511. The molecule has 0 saturated carbocycles. The van der Waals surface area contributed by atoms with Crippen molar-refractivity contribution in [3.63, 3.8) is 0 Å². The van der Waals surface area contributed by atoms with Gasteiger partial charge in [0, 0.05) is 28.7 Å². The predicted molar refractivity (Wildman–Crippen MR) is 121 cm³/mol. The Hall–Kier alpha value is -2.85. The number of fused-ring (bicyclic) bond motifs is 1. The molecule has 1 N–H and O–H groups in total. The van der Waals surface area contributed by atoms with Crippen molar-refractivity contribution in [3.8, 4) is 0 Å². The molecule has 1 atom stereocenters. The third kappa shape index (κ3) is 3.60. The second-order valence-corrected chi connectivity index (χ2v) is 8.05. The first-order valence-corrected chi connectivity index (χ1v) is 10.5. The van der Waals surface area contributed by atoms with Crippen molar-refractivity contribution in [1.29, 1.82) is 0 Å². The molecule has 4 heteroatoms. The number of aliphatic carboxylic acids is 1. The molecular weight excluding hydrogens is 426 g/mol. The van der Waals surface area contributed by atoms with E-state index in [1.165, 1.54) is 5.56 Å². The minimum atomic E-state index is -1.20. The van der Waals surface area contributed by atoms with Gasteiger partial charge < -0.3 is 10.0 Å². The van der Waals surface area contributed by atoms with E-state index < -0.39 is 11.5 Å². The Balaban J connectivity index is 1.83. The second kappa shape index (κ2) is 8.26. The summed E-state index contributed by atoms with van der Waals surface area (Å²) >= 11 is 3.61. The van der Waals surface area contributed by atoms with Gasteiger partial charge >= 0.3 is 5.97 Å². The van der Waals surface area contributed by atoms with Crippen molar-refractivity contribution in [2.75, 3.05) is 11.4 Å². The Bertz CT molecular complexity index is 1050. The van der Waals surface area contributed by atoms with E-state index in [-0.39, 0.29) is 0 Å². The van der Waals surface area contributed by atoms with E-state index in [2.05, 4.69) is 26.9 Å². The molecule has 0 saturated heterocycles. The number of hydrogen-bond donors (Lipinski definition) is 1. The van der Waals surface area contributed by atoms with Crippen molar-refractivity contribution < 1.29 is 9.90 Å². The van der Waals surface area contributed by atoms with Gasteiger partial charge in [-0.2, -0.15) is 0 Å². The summed E-state index contributed by atoms with van der Waals surface area (Å²) in [6.07, 6.45) is 5.17. The fourth-order valence-corrected chi connectivity index (χ4v) is 4.76. The van der Waals surface area contributed by atoms with Crippen molar-refractivity contribution in [3.05, 3.63) is 106 Å². The maximum atomic E-state index is 12.9. The van der Waals surface area contributed by atoms with Crippen LogP contribution >= 0.6 is 15.9 Å². The number of nitrogens with zero attached hydrogens (tertiary/aromatic N) is 1. The SMILES string of the molecule is O=C(O)[C@](C/C=C\c1ccccc1)(c1ccccc1Br)N1CCc2ccccc21. The lowest BCUT2D eigenvalue weighted by atomic mass is 9.84. The Kier molecular flexibility index (Phi) is 5.54. The molecule has 3 nitrogen and oxygen atoms in total. The third-order valence-electron chi connectivity index (χ3n) is 5.54. The summed E-state index contributed by atoms with van der Waals surface area (Å²) in [4.78, 5) is 15.0. The molecule has 0 aromatic heterocycles. The minimum Gasteiger partial charge on any atom is -0.479 e. The van der Waals surface area contributed by atoms with Gasteiger partial charge in [-0.1, -0.05) is 94.8 Å². The van der Waals surface area contributed by atoms with Gasteiger partial charge in [0.05, 0.1) is 0 Å². The van der Waals surface area contributed by atoms with Crippen LogP contribution in [0.1, 0.15) is 23.1 Å². The Morgan fingerprint density at radius 3 is 2.45 bits per heavy atom. The highest BCUT2D eigenvalue weighted by Crippen LogP contribution is 2.44. The first-order chi connectivity index (χ1) is 14.1. The first kappa shape index (κ1) is 19.5. The number of anilines is 1. The highest BCUT2D eigenvalue weighted by atomic mass is 79.9. The van der Waals surface area contributed by atoms with Gasteiger partial charge in [0.25, 0.3) is 0 Å². The van der Waals surface area contributed by atoms with Gasteiger partial charge in [0.2, 0.25) is 0 Å². The monoisotopic (exact) mass is 447 g/mol. The zero-order valence-electron chi connectivity index (χ0n) is 16.0. The fraction of sp³-hybridized carbons (Fsp3) is 0.160. The summed E-state index contributed by atoms with van der Waals surface area (Å²) in [6.45, 7) is 0.673. The number of carbonyl (C=O) groups is 1. The standard InChI is InChI=1S/C25H22BrNO2/c26-22-14-6-5-13-21(22)25(24(28)29,17-8-11-19-9-2-1-3-10-19)27-18-16-20-12-4-7-15-23(20)27/h1-15H,16-18H2,(H,28,29)/b11-8-/t25-/m0/s1. The van der Waals surface area contributed by atoms with Gasteiger partial charge in [-0.15, -0.1) is 0 Å². The molecule has 1 aliphatic rings. The second-order valence-electron chi connectivity index (χ2n) is 7.19. The maximum absolute atomic E-state index is 12.9. The minimum absolute atomic E-state index is 0.355. The number of carboxylic acids is 1. The largest absolute Gasteiger partial charge is 0.479 e. The van der Waals surface area contributed by atoms with Gasteiger partial charge in [-0.05, 0) is 29.7 Å². The van der Waals surface area contributed by atoms with E-state index in [1.54, 1.807) is 0 Å². The molecular formula is C25H22BrNO2. The average Bonchev–Trinajstić information content (AvgIpc) is 3.17. The van der Waals surface area contributed by atoms with Gasteiger partial charge in [-0.25, -0.2) is 4.79 Å². The zero-order valence-corrected chi connectivity index (χ0v) is 17.5. The molecule has 3 aromatic carbocycles. The smallest absolute Gasteiger partial charge is 0.334 e. The average molecular weight is 448 g/mol. The fourth-order valence-electron chi connectivity index (χ4n) is 4.14. The predicted octanol–water partition coefficient (Wildman–Crippen LogP) is 5.90. The van der Waals surface area contributed by atoms with E-state index >= 15 is 0 Å². The Labute approximate surface area is 179 Å². The van der Waals surface area contributed by atoms with Crippen LogP contribution in [0.25, 0.3) is 6.08 Å². The summed E-state index contributed by atoms with van der Waals surface area (Å²) in [5.41, 5.74) is 2.82. The van der Waals surface area contributed by atoms with E-state index in [0.29, 0.717) is 13.0 Å². The van der Waals surface area contributed by atoms with Crippen LogP contribution in [0.4, 0.5) is 5.69 Å². The molecule has 29 heavy (non-hydrogen) atoms. The van der Waals surface area contributed by atoms with E-state index in [1.807, 2.05) is 84.9 Å². The summed E-state index contributed by atoms with van der Waals surface area (Å²) < 4.78 is 0.805.